The number of nitrogens with one attached hydrogen (secondary N) is 1. The van der Waals surface area contributed by atoms with E-state index in [-0.39, 0.29) is 11.9 Å². The Labute approximate surface area is 78.3 Å². The van der Waals surface area contributed by atoms with E-state index < -0.39 is 0 Å². The van der Waals surface area contributed by atoms with Gasteiger partial charge in [-0.2, -0.15) is 0 Å². The van der Waals surface area contributed by atoms with Crippen molar-refractivity contribution < 1.29 is 9.59 Å². The Kier molecular flexibility index (Phi) is 3.73. The predicted octanol–water partition coefficient (Wildman–Crippen LogP) is 1.12. The van der Waals surface area contributed by atoms with Crippen molar-refractivity contribution in [2.75, 3.05) is 13.1 Å². The molecule has 0 aliphatic carbocycles. The van der Waals surface area contributed by atoms with Crippen LogP contribution in [0.25, 0.3) is 0 Å². The van der Waals surface area contributed by atoms with E-state index in [1.165, 1.54) is 4.90 Å². The van der Waals surface area contributed by atoms with Gasteiger partial charge in [-0.15, -0.1) is 0 Å². The second kappa shape index (κ2) is 4.84. The van der Waals surface area contributed by atoms with Crippen molar-refractivity contribution in [3.63, 3.8) is 0 Å². The average Bonchev–Trinajstić information content (AvgIpc) is 2.30. The molecule has 1 fully saturated rings. The smallest absolute Gasteiger partial charge is 0.324 e. The Morgan fingerprint density at radius 1 is 1.46 bits per heavy atom. The van der Waals surface area contributed by atoms with Crippen LogP contribution >= 0.6 is 0 Å². The molecule has 1 saturated heterocycles. The lowest BCUT2D eigenvalue weighted by atomic mass is 10.2. The van der Waals surface area contributed by atoms with Gasteiger partial charge < -0.3 is 5.32 Å². The summed E-state index contributed by atoms with van der Waals surface area (Å²) < 4.78 is 0. The van der Waals surface area contributed by atoms with E-state index in [1.807, 2.05) is 6.92 Å². The second-order valence-corrected chi connectivity index (χ2v) is 3.19. The third-order valence-corrected chi connectivity index (χ3v) is 2.15. The van der Waals surface area contributed by atoms with Crippen molar-refractivity contribution in [3.05, 3.63) is 0 Å². The molecular weight excluding hydrogens is 168 g/mol. The molecule has 0 aromatic rings. The van der Waals surface area contributed by atoms with E-state index in [1.54, 1.807) is 0 Å². The maximum absolute atomic E-state index is 11.4. The molecule has 0 unspecified atom stereocenters. The van der Waals surface area contributed by atoms with Crippen molar-refractivity contribution in [2.45, 2.75) is 32.6 Å². The number of hydrogen-bond donors (Lipinski definition) is 1. The number of imide groups is 1. The minimum absolute atomic E-state index is 0.0385. The van der Waals surface area contributed by atoms with Crippen molar-refractivity contribution >= 4 is 11.9 Å². The van der Waals surface area contributed by atoms with Crippen LogP contribution in [0.2, 0.25) is 0 Å². The summed E-state index contributed by atoms with van der Waals surface area (Å²) in [5.74, 6) is -0.0385. The number of hydrogen-bond acceptors (Lipinski definition) is 2. The number of carbonyl (C=O) groups excluding carboxylic acids is 2. The second-order valence-electron chi connectivity index (χ2n) is 3.19. The van der Waals surface area contributed by atoms with Crippen LogP contribution in [0.4, 0.5) is 4.79 Å². The van der Waals surface area contributed by atoms with Gasteiger partial charge in [0.15, 0.2) is 0 Å². The average molecular weight is 184 g/mol. The number of rotatable bonds is 1. The fraction of sp³-hybridized carbons (Fsp3) is 0.778. The lowest BCUT2D eigenvalue weighted by Crippen LogP contribution is -2.43. The van der Waals surface area contributed by atoms with Crippen LogP contribution in [0.15, 0.2) is 0 Å². The topological polar surface area (TPSA) is 49.4 Å². The predicted molar refractivity (Wildman–Crippen MR) is 49.3 cm³/mol. The molecule has 3 amide bonds. The third-order valence-electron chi connectivity index (χ3n) is 2.15. The van der Waals surface area contributed by atoms with Crippen molar-refractivity contribution in [1.82, 2.24) is 10.2 Å². The van der Waals surface area contributed by atoms with Gasteiger partial charge in [0.2, 0.25) is 5.91 Å². The van der Waals surface area contributed by atoms with Crippen LogP contribution in [0, 0.1) is 0 Å². The van der Waals surface area contributed by atoms with Gasteiger partial charge in [-0.1, -0.05) is 6.42 Å². The maximum Gasteiger partial charge on any atom is 0.324 e. The van der Waals surface area contributed by atoms with E-state index in [2.05, 4.69) is 5.32 Å². The van der Waals surface area contributed by atoms with Gasteiger partial charge in [0, 0.05) is 19.5 Å². The molecule has 74 valence electrons. The molecule has 0 aromatic carbocycles. The van der Waals surface area contributed by atoms with Gasteiger partial charge in [-0.3, -0.25) is 9.69 Å². The molecule has 1 heterocycles. The zero-order chi connectivity index (χ0) is 9.68. The number of carbonyl (C=O) groups is 2. The normalized spacial score (nSPS) is 18.2. The first-order valence-electron chi connectivity index (χ1n) is 4.84. The third kappa shape index (κ3) is 2.72. The molecule has 1 rings (SSSR count). The molecule has 0 bridgehead atoms. The van der Waals surface area contributed by atoms with Gasteiger partial charge >= 0.3 is 6.03 Å². The van der Waals surface area contributed by atoms with Crippen LogP contribution in [0.5, 0.6) is 0 Å². The standard InChI is InChI=1S/C9H16N2O2/c1-2-10-9(13)11-7-5-3-4-6-8(11)12/h2-7H2,1H3,(H,10,13). The molecule has 0 atom stereocenters. The first kappa shape index (κ1) is 10.0. The molecule has 4 nitrogen and oxygen atoms in total. The number of nitrogens with zero attached hydrogens (tertiary/aromatic N) is 1. The summed E-state index contributed by atoms with van der Waals surface area (Å²) in [5, 5.41) is 2.64. The SMILES string of the molecule is CCNC(=O)N1CCCCCC1=O. The van der Waals surface area contributed by atoms with Gasteiger partial charge in [-0.05, 0) is 19.8 Å². The lowest BCUT2D eigenvalue weighted by Gasteiger charge is -2.18. The number of likely N-dealkylation sites (tertiary alicyclic amines) is 1. The summed E-state index contributed by atoms with van der Waals surface area (Å²) in [7, 11) is 0. The van der Waals surface area contributed by atoms with E-state index in [9.17, 15) is 9.59 Å². The highest BCUT2D eigenvalue weighted by atomic mass is 16.2. The molecule has 0 radical (unpaired) electrons. The van der Waals surface area contributed by atoms with Gasteiger partial charge in [-0.25, -0.2) is 4.79 Å². The highest BCUT2D eigenvalue weighted by Gasteiger charge is 2.21. The molecule has 4 heteroatoms. The fourth-order valence-electron chi connectivity index (χ4n) is 1.44. The Morgan fingerprint density at radius 2 is 2.23 bits per heavy atom. The molecule has 1 aliphatic rings. The van der Waals surface area contributed by atoms with E-state index in [0.29, 0.717) is 19.5 Å². The summed E-state index contributed by atoms with van der Waals surface area (Å²) in [6, 6.07) is -0.241. The van der Waals surface area contributed by atoms with Crippen molar-refractivity contribution in [1.29, 1.82) is 0 Å². The Bertz CT molecular complexity index is 204. The van der Waals surface area contributed by atoms with Crippen molar-refractivity contribution in [2.24, 2.45) is 0 Å². The Morgan fingerprint density at radius 3 is 2.92 bits per heavy atom. The molecule has 0 spiro atoms. The summed E-state index contributed by atoms with van der Waals surface area (Å²) in [6.07, 6.45) is 3.40. The van der Waals surface area contributed by atoms with Crippen molar-refractivity contribution in [3.8, 4) is 0 Å². The zero-order valence-corrected chi connectivity index (χ0v) is 8.01. The molecule has 1 N–H and O–H groups in total. The summed E-state index contributed by atoms with van der Waals surface area (Å²) in [4.78, 5) is 24.1. The summed E-state index contributed by atoms with van der Waals surface area (Å²) >= 11 is 0. The zero-order valence-electron chi connectivity index (χ0n) is 8.01. The maximum atomic E-state index is 11.4. The van der Waals surface area contributed by atoms with Crippen LogP contribution < -0.4 is 5.32 Å². The van der Waals surface area contributed by atoms with Crippen LogP contribution in [0.1, 0.15) is 32.6 Å². The Balaban J connectivity index is 2.53. The number of urea groups is 1. The van der Waals surface area contributed by atoms with Crippen LogP contribution in [-0.4, -0.2) is 29.9 Å². The largest absolute Gasteiger partial charge is 0.338 e. The lowest BCUT2D eigenvalue weighted by molar-refractivity contribution is -0.127. The van der Waals surface area contributed by atoms with Gasteiger partial charge in [0.25, 0.3) is 0 Å². The number of amides is 3. The van der Waals surface area contributed by atoms with E-state index in [0.717, 1.165) is 19.3 Å². The van der Waals surface area contributed by atoms with E-state index >= 15 is 0 Å². The molecule has 0 aromatic heterocycles. The molecule has 0 saturated carbocycles. The first-order valence-corrected chi connectivity index (χ1v) is 4.84. The van der Waals surface area contributed by atoms with Crippen LogP contribution in [0.3, 0.4) is 0 Å². The van der Waals surface area contributed by atoms with Gasteiger partial charge in [0.05, 0.1) is 0 Å². The quantitative estimate of drug-likeness (QED) is 0.663. The first-order chi connectivity index (χ1) is 6.25. The highest BCUT2D eigenvalue weighted by molar-refractivity contribution is 5.94. The summed E-state index contributed by atoms with van der Waals surface area (Å²) in [6.45, 7) is 2.99. The van der Waals surface area contributed by atoms with E-state index in [4.69, 9.17) is 0 Å². The molecule has 1 aliphatic heterocycles. The molecule has 13 heavy (non-hydrogen) atoms. The highest BCUT2D eigenvalue weighted by Crippen LogP contribution is 2.10. The fourth-order valence-corrected chi connectivity index (χ4v) is 1.44. The molecular formula is C9H16N2O2. The van der Waals surface area contributed by atoms with Gasteiger partial charge in [0.1, 0.15) is 0 Å². The minimum Gasteiger partial charge on any atom is -0.338 e. The Hall–Kier alpha value is -1.06. The monoisotopic (exact) mass is 184 g/mol. The van der Waals surface area contributed by atoms with Crippen LogP contribution in [-0.2, 0) is 4.79 Å². The minimum atomic E-state index is -0.241. The summed E-state index contributed by atoms with van der Waals surface area (Å²) in [5.41, 5.74) is 0.